The highest BCUT2D eigenvalue weighted by Crippen LogP contribution is 2.22. The Hall–Kier alpha value is -2.76. The van der Waals surface area contributed by atoms with E-state index in [1.807, 2.05) is 0 Å². The zero-order chi connectivity index (χ0) is 13.7. The molecule has 19 heavy (non-hydrogen) atoms. The van der Waals surface area contributed by atoms with E-state index in [1.165, 1.54) is 6.08 Å². The van der Waals surface area contributed by atoms with Crippen LogP contribution < -0.4 is 22.5 Å². The number of benzene rings is 1. The second-order valence-corrected chi connectivity index (χ2v) is 3.99. The van der Waals surface area contributed by atoms with Crippen LogP contribution in [0.25, 0.3) is 27.6 Å². The fourth-order valence-electron chi connectivity index (χ4n) is 2.18. The summed E-state index contributed by atoms with van der Waals surface area (Å²) in [6.07, 6.45) is 3.05. The molecule has 0 aliphatic heterocycles. The lowest BCUT2D eigenvalue weighted by Gasteiger charge is -1.95. The molecule has 2 aromatic heterocycles. The standard InChI is InChI=1S/C13H6O6/c1-2-3-5-8-6(10(14)18-12(8)16)4-7-9(5)13(17)19-11(7)15/h2-4H,1H3/b3-2+. The lowest BCUT2D eigenvalue weighted by atomic mass is 10.0. The minimum atomic E-state index is -0.833. The average Bonchev–Trinajstić information content (AvgIpc) is 2.79. The Morgan fingerprint density at radius 1 is 0.842 bits per heavy atom. The molecule has 0 unspecified atom stereocenters. The maximum Gasteiger partial charge on any atom is 0.347 e. The van der Waals surface area contributed by atoms with Gasteiger partial charge in [0, 0.05) is 5.56 Å². The van der Waals surface area contributed by atoms with Gasteiger partial charge in [0.05, 0.1) is 21.5 Å². The van der Waals surface area contributed by atoms with E-state index in [4.69, 9.17) is 0 Å². The number of rotatable bonds is 1. The number of fused-ring (bicyclic) bond motifs is 2. The molecular weight excluding hydrogens is 252 g/mol. The van der Waals surface area contributed by atoms with Gasteiger partial charge in [-0.25, -0.2) is 19.2 Å². The Kier molecular flexibility index (Phi) is 2.16. The topological polar surface area (TPSA) is 94.6 Å². The maximum atomic E-state index is 11.6. The van der Waals surface area contributed by atoms with E-state index in [-0.39, 0.29) is 27.1 Å². The summed E-state index contributed by atoms with van der Waals surface area (Å²) in [5.74, 6) is 0. The molecule has 2 heterocycles. The van der Waals surface area contributed by atoms with Gasteiger partial charge in [-0.1, -0.05) is 12.2 Å². The third-order valence-corrected chi connectivity index (χ3v) is 2.92. The highest BCUT2D eigenvalue weighted by Gasteiger charge is 2.20. The number of furan rings is 2. The molecular formula is C13H6O6. The predicted molar refractivity (Wildman–Crippen MR) is 68.1 cm³/mol. The van der Waals surface area contributed by atoms with Crippen molar-refractivity contribution in [3.63, 3.8) is 0 Å². The minimum Gasteiger partial charge on any atom is -0.386 e. The summed E-state index contributed by atoms with van der Waals surface area (Å²) in [6.45, 7) is 1.68. The van der Waals surface area contributed by atoms with Gasteiger partial charge in [-0.2, -0.15) is 0 Å². The Labute approximate surface area is 103 Å². The normalized spacial score (nSPS) is 12.1. The quantitative estimate of drug-likeness (QED) is 0.631. The third-order valence-electron chi connectivity index (χ3n) is 2.92. The lowest BCUT2D eigenvalue weighted by Crippen LogP contribution is -1.99. The van der Waals surface area contributed by atoms with Gasteiger partial charge < -0.3 is 8.83 Å². The molecule has 3 aromatic rings. The summed E-state index contributed by atoms with van der Waals surface area (Å²) in [5.41, 5.74) is -3.14. The molecule has 3 rings (SSSR count). The van der Waals surface area contributed by atoms with Crippen molar-refractivity contribution in [3.8, 4) is 0 Å². The SMILES string of the molecule is C/C=C/c1c2c(=O)oc(=O)c2cc2c(=O)oc(=O)c12. The van der Waals surface area contributed by atoms with Crippen LogP contribution >= 0.6 is 0 Å². The van der Waals surface area contributed by atoms with E-state index in [0.29, 0.717) is 0 Å². The van der Waals surface area contributed by atoms with E-state index in [9.17, 15) is 19.2 Å². The fraction of sp³-hybridized carbons (Fsp3) is 0.0769. The van der Waals surface area contributed by atoms with E-state index >= 15 is 0 Å². The summed E-state index contributed by atoms with van der Waals surface area (Å²) in [5, 5.41) is -0.0611. The van der Waals surface area contributed by atoms with E-state index in [2.05, 4.69) is 8.83 Å². The van der Waals surface area contributed by atoms with Crippen LogP contribution in [-0.2, 0) is 0 Å². The Balaban J connectivity index is 2.83. The molecule has 0 amide bonds. The van der Waals surface area contributed by atoms with Crippen molar-refractivity contribution < 1.29 is 8.83 Å². The van der Waals surface area contributed by atoms with Crippen LogP contribution in [-0.4, -0.2) is 0 Å². The van der Waals surface area contributed by atoms with Crippen LogP contribution in [0.1, 0.15) is 12.5 Å². The van der Waals surface area contributed by atoms with Crippen molar-refractivity contribution in [2.75, 3.05) is 0 Å². The smallest absolute Gasteiger partial charge is 0.347 e. The van der Waals surface area contributed by atoms with E-state index in [1.54, 1.807) is 13.0 Å². The van der Waals surface area contributed by atoms with Crippen LogP contribution in [0.5, 0.6) is 0 Å². The number of allylic oxidation sites excluding steroid dienone is 1. The predicted octanol–water partition coefficient (Wildman–Crippen LogP) is 0.528. The van der Waals surface area contributed by atoms with Gasteiger partial charge in [0.2, 0.25) is 0 Å². The summed E-state index contributed by atoms with van der Waals surface area (Å²) in [4.78, 5) is 46.3. The average molecular weight is 258 g/mol. The van der Waals surface area contributed by atoms with Gasteiger partial charge in [-0.05, 0) is 13.0 Å². The highest BCUT2D eigenvalue weighted by atomic mass is 16.4. The highest BCUT2D eigenvalue weighted by molar-refractivity contribution is 6.05. The van der Waals surface area contributed by atoms with Crippen molar-refractivity contribution in [1.29, 1.82) is 0 Å². The first kappa shape index (κ1) is 11.3. The first-order chi connectivity index (χ1) is 9.04. The van der Waals surface area contributed by atoms with Gasteiger partial charge >= 0.3 is 22.5 Å². The van der Waals surface area contributed by atoms with E-state index in [0.717, 1.165) is 6.07 Å². The number of hydrogen-bond acceptors (Lipinski definition) is 6. The molecule has 0 bridgehead atoms. The van der Waals surface area contributed by atoms with Gasteiger partial charge in [0.1, 0.15) is 0 Å². The van der Waals surface area contributed by atoms with Gasteiger partial charge in [0.15, 0.2) is 0 Å². The molecule has 6 nitrogen and oxygen atoms in total. The fourth-order valence-corrected chi connectivity index (χ4v) is 2.18. The molecule has 0 atom stereocenters. The molecule has 0 N–H and O–H groups in total. The second-order valence-electron chi connectivity index (χ2n) is 3.99. The van der Waals surface area contributed by atoms with Crippen molar-refractivity contribution in [1.82, 2.24) is 0 Å². The van der Waals surface area contributed by atoms with Crippen LogP contribution in [0, 0.1) is 0 Å². The molecule has 0 saturated heterocycles. The van der Waals surface area contributed by atoms with Crippen LogP contribution in [0.4, 0.5) is 0 Å². The Morgan fingerprint density at radius 3 is 1.74 bits per heavy atom. The van der Waals surface area contributed by atoms with E-state index < -0.39 is 22.5 Å². The summed E-state index contributed by atoms with van der Waals surface area (Å²) >= 11 is 0. The molecule has 0 spiro atoms. The zero-order valence-corrected chi connectivity index (χ0v) is 9.68. The van der Waals surface area contributed by atoms with Crippen LogP contribution in [0.3, 0.4) is 0 Å². The molecule has 6 heteroatoms. The monoisotopic (exact) mass is 258 g/mol. The summed E-state index contributed by atoms with van der Waals surface area (Å²) < 4.78 is 8.99. The molecule has 0 aliphatic rings. The van der Waals surface area contributed by atoms with Crippen molar-refractivity contribution >= 4 is 27.6 Å². The largest absolute Gasteiger partial charge is 0.386 e. The summed E-state index contributed by atoms with van der Waals surface area (Å²) in [6, 6.07) is 1.16. The summed E-state index contributed by atoms with van der Waals surface area (Å²) in [7, 11) is 0. The molecule has 0 saturated carbocycles. The van der Waals surface area contributed by atoms with Crippen LogP contribution in [0.2, 0.25) is 0 Å². The van der Waals surface area contributed by atoms with Crippen molar-refractivity contribution in [2.45, 2.75) is 6.92 Å². The van der Waals surface area contributed by atoms with Gasteiger partial charge in [0.25, 0.3) is 0 Å². The van der Waals surface area contributed by atoms with Crippen LogP contribution in [0.15, 0.2) is 40.2 Å². The zero-order valence-electron chi connectivity index (χ0n) is 9.68. The third kappa shape index (κ3) is 1.36. The first-order valence-corrected chi connectivity index (χ1v) is 5.41. The van der Waals surface area contributed by atoms with Crippen molar-refractivity contribution in [3.05, 3.63) is 59.4 Å². The molecule has 1 aromatic carbocycles. The first-order valence-electron chi connectivity index (χ1n) is 5.41. The number of hydrogen-bond donors (Lipinski definition) is 0. The van der Waals surface area contributed by atoms with Gasteiger partial charge in [-0.15, -0.1) is 0 Å². The Bertz CT molecular complexity index is 961. The minimum absolute atomic E-state index is 0.00602. The van der Waals surface area contributed by atoms with Gasteiger partial charge in [-0.3, -0.25) is 0 Å². The molecule has 0 aliphatic carbocycles. The molecule has 0 fully saturated rings. The second kappa shape index (κ2) is 3.61. The molecule has 0 radical (unpaired) electrons. The Morgan fingerprint density at radius 2 is 1.32 bits per heavy atom. The molecule has 94 valence electrons. The lowest BCUT2D eigenvalue weighted by molar-refractivity contribution is 0.498. The maximum absolute atomic E-state index is 11.6. The van der Waals surface area contributed by atoms with Crippen molar-refractivity contribution in [2.24, 2.45) is 0 Å².